The van der Waals surface area contributed by atoms with Crippen LogP contribution in [0.25, 0.3) is 0 Å². The Hall–Kier alpha value is -2.89. The van der Waals surface area contributed by atoms with E-state index in [0.717, 1.165) is 22.0 Å². The van der Waals surface area contributed by atoms with E-state index in [-0.39, 0.29) is 44.2 Å². The molecule has 152 valence electrons. The first-order chi connectivity index (χ1) is 13.4. The zero-order chi connectivity index (χ0) is 20.3. The van der Waals surface area contributed by atoms with E-state index in [1.807, 2.05) is 5.32 Å². The van der Waals surface area contributed by atoms with E-state index in [1.165, 1.54) is 6.21 Å². The maximum atomic E-state index is 14.5. The molecule has 0 aliphatic carbocycles. The van der Waals surface area contributed by atoms with Gasteiger partial charge in [-0.15, -0.1) is 0 Å². The second-order valence-corrected chi connectivity index (χ2v) is 5.92. The number of cyclic esters (lactones) is 1. The lowest BCUT2D eigenvalue weighted by Crippen LogP contribution is -2.37. The summed E-state index contributed by atoms with van der Waals surface area (Å²) in [5.74, 6) is -3.40. The van der Waals surface area contributed by atoms with Crippen LogP contribution in [0.15, 0.2) is 17.2 Å². The molecule has 2 heterocycles. The quantitative estimate of drug-likeness (QED) is 0.752. The molecule has 2 aliphatic rings. The van der Waals surface area contributed by atoms with Crippen molar-refractivity contribution < 1.29 is 36.6 Å². The van der Waals surface area contributed by atoms with Gasteiger partial charge < -0.3 is 14.8 Å². The highest BCUT2D eigenvalue weighted by Gasteiger charge is 2.34. The Morgan fingerprint density at radius 1 is 1.32 bits per heavy atom. The molecule has 0 bridgehead atoms. The minimum absolute atomic E-state index is 0.110. The number of amides is 2. The lowest BCUT2D eigenvalue weighted by molar-refractivity contribution is -0.132. The first kappa shape index (κ1) is 19.9. The van der Waals surface area contributed by atoms with Crippen LogP contribution in [0.2, 0.25) is 0 Å². The van der Waals surface area contributed by atoms with Crippen LogP contribution < -0.4 is 15.2 Å². The molecule has 1 aromatic rings. The SMILES string of the molecule is O=C(NC[C@H]1CN(c2cc(F)c(N3CCOCC=N3)c(F)c2)C(=O)O1)C(F)F. The summed E-state index contributed by atoms with van der Waals surface area (Å²) in [6.45, 7) is 0.0701. The fourth-order valence-electron chi connectivity index (χ4n) is 2.73. The first-order valence-electron chi connectivity index (χ1n) is 8.27. The molecule has 12 heteroatoms. The third-order valence-electron chi connectivity index (χ3n) is 4.01. The number of ether oxygens (including phenoxy) is 2. The van der Waals surface area contributed by atoms with Gasteiger partial charge in [0.05, 0.1) is 44.8 Å². The van der Waals surface area contributed by atoms with Gasteiger partial charge in [-0.05, 0) is 0 Å². The summed E-state index contributed by atoms with van der Waals surface area (Å²) in [4.78, 5) is 23.8. The molecule has 2 aliphatic heterocycles. The Morgan fingerprint density at radius 3 is 2.71 bits per heavy atom. The van der Waals surface area contributed by atoms with Crippen LogP contribution in [0.4, 0.5) is 33.7 Å². The van der Waals surface area contributed by atoms with Crippen LogP contribution in [-0.2, 0) is 14.3 Å². The standard InChI is InChI=1S/C16H16F4N4O4/c17-11-5-9(6-12(18)13(11)24-2-4-27-3-1-22-24)23-8-10(28-16(23)26)7-21-15(25)14(19)20/h1,5-6,10,14H,2-4,7-8H2,(H,21,25)/t10-/m0/s1. The largest absolute Gasteiger partial charge is 0.442 e. The third-order valence-corrected chi connectivity index (χ3v) is 4.01. The molecule has 0 unspecified atom stereocenters. The first-order valence-corrected chi connectivity index (χ1v) is 8.27. The number of hydrogen-bond donors (Lipinski definition) is 1. The average molecular weight is 404 g/mol. The van der Waals surface area contributed by atoms with Crippen molar-refractivity contribution in [3.63, 3.8) is 0 Å². The van der Waals surface area contributed by atoms with Gasteiger partial charge in [0.2, 0.25) is 0 Å². The number of nitrogens with zero attached hydrogens (tertiary/aromatic N) is 3. The molecule has 28 heavy (non-hydrogen) atoms. The highest BCUT2D eigenvalue weighted by molar-refractivity contribution is 5.90. The summed E-state index contributed by atoms with van der Waals surface area (Å²) < 4.78 is 63.5. The zero-order valence-corrected chi connectivity index (χ0v) is 14.4. The predicted molar refractivity (Wildman–Crippen MR) is 89.6 cm³/mol. The van der Waals surface area contributed by atoms with Crippen molar-refractivity contribution in [1.82, 2.24) is 5.32 Å². The van der Waals surface area contributed by atoms with Crippen LogP contribution in [-0.4, -0.2) is 63.6 Å². The molecule has 1 N–H and O–H groups in total. The zero-order valence-electron chi connectivity index (χ0n) is 14.4. The number of anilines is 2. The van der Waals surface area contributed by atoms with Crippen molar-refractivity contribution >= 4 is 29.6 Å². The van der Waals surface area contributed by atoms with Crippen molar-refractivity contribution in [3.05, 3.63) is 23.8 Å². The molecule has 1 atom stereocenters. The molecule has 0 spiro atoms. The van der Waals surface area contributed by atoms with Gasteiger partial charge in [-0.2, -0.15) is 13.9 Å². The predicted octanol–water partition coefficient (Wildman–Crippen LogP) is 1.49. The Labute approximate surface area is 156 Å². The van der Waals surface area contributed by atoms with E-state index < -0.39 is 36.2 Å². The van der Waals surface area contributed by atoms with Gasteiger partial charge >= 0.3 is 12.5 Å². The number of rotatable bonds is 5. The molecule has 2 amide bonds. The van der Waals surface area contributed by atoms with Crippen molar-refractivity contribution in [3.8, 4) is 0 Å². The van der Waals surface area contributed by atoms with E-state index in [4.69, 9.17) is 9.47 Å². The molecule has 1 aromatic carbocycles. The van der Waals surface area contributed by atoms with E-state index in [0.29, 0.717) is 0 Å². The van der Waals surface area contributed by atoms with Gasteiger partial charge in [0, 0.05) is 12.1 Å². The van der Waals surface area contributed by atoms with Gasteiger partial charge in [0.25, 0.3) is 5.91 Å². The monoisotopic (exact) mass is 404 g/mol. The molecule has 1 saturated heterocycles. The summed E-state index contributed by atoms with van der Waals surface area (Å²) in [6, 6.07) is 1.89. The fraction of sp³-hybridized carbons (Fsp3) is 0.438. The highest BCUT2D eigenvalue weighted by Crippen LogP contribution is 2.31. The summed E-state index contributed by atoms with van der Waals surface area (Å²) in [5, 5.41) is 6.96. The van der Waals surface area contributed by atoms with Crippen LogP contribution >= 0.6 is 0 Å². The summed E-state index contributed by atoms with van der Waals surface area (Å²) in [6.07, 6.45) is -3.68. The minimum atomic E-state index is -3.20. The van der Waals surface area contributed by atoms with Gasteiger partial charge in [0.1, 0.15) is 11.8 Å². The molecular formula is C16H16F4N4O4. The van der Waals surface area contributed by atoms with E-state index in [1.54, 1.807) is 0 Å². The minimum Gasteiger partial charge on any atom is -0.442 e. The Bertz CT molecular complexity index is 769. The smallest absolute Gasteiger partial charge is 0.414 e. The van der Waals surface area contributed by atoms with Crippen molar-refractivity contribution in [2.24, 2.45) is 5.10 Å². The number of benzene rings is 1. The highest BCUT2D eigenvalue weighted by atomic mass is 19.3. The van der Waals surface area contributed by atoms with Crippen molar-refractivity contribution in [1.29, 1.82) is 0 Å². The molecule has 0 aromatic heterocycles. The second-order valence-electron chi connectivity index (χ2n) is 5.92. The van der Waals surface area contributed by atoms with E-state index in [2.05, 4.69) is 5.10 Å². The van der Waals surface area contributed by atoms with Gasteiger partial charge in [-0.3, -0.25) is 14.7 Å². The fourth-order valence-corrected chi connectivity index (χ4v) is 2.73. The number of hydrazone groups is 1. The molecule has 8 nitrogen and oxygen atoms in total. The Kier molecular flexibility index (Phi) is 5.97. The summed E-state index contributed by atoms with van der Waals surface area (Å²) in [7, 11) is 0. The van der Waals surface area contributed by atoms with Crippen LogP contribution in [0.5, 0.6) is 0 Å². The maximum absolute atomic E-state index is 14.5. The number of nitrogens with one attached hydrogen (secondary N) is 1. The van der Waals surface area contributed by atoms with E-state index in [9.17, 15) is 27.2 Å². The number of alkyl halides is 2. The lowest BCUT2D eigenvalue weighted by Gasteiger charge is -2.20. The summed E-state index contributed by atoms with van der Waals surface area (Å²) >= 11 is 0. The lowest BCUT2D eigenvalue weighted by atomic mass is 10.2. The van der Waals surface area contributed by atoms with Crippen molar-refractivity contribution in [2.45, 2.75) is 12.5 Å². The molecular weight excluding hydrogens is 388 g/mol. The number of halogens is 4. The third kappa shape index (κ3) is 4.32. The second kappa shape index (κ2) is 8.42. The van der Waals surface area contributed by atoms with Crippen LogP contribution in [0, 0.1) is 11.6 Å². The van der Waals surface area contributed by atoms with Gasteiger partial charge in [-0.1, -0.05) is 0 Å². The molecule has 0 radical (unpaired) electrons. The van der Waals surface area contributed by atoms with E-state index >= 15 is 0 Å². The van der Waals surface area contributed by atoms with Crippen LogP contribution in [0.3, 0.4) is 0 Å². The molecule has 0 saturated carbocycles. The summed E-state index contributed by atoms with van der Waals surface area (Å²) in [5.41, 5.74) is -0.500. The Morgan fingerprint density at radius 2 is 2.04 bits per heavy atom. The molecule has 1 fully saturated rings. The number of hydrogen-bond acceptors (Lipinski definition) is 6. The number of carbonyl (C=O) groups excluding carboxylic acids is 2. The number of carbonyl (C=O) groups is 2. The van der Waals surface area contributed by atoms with Crippen molar-refractivity contribution in [2.75, 3.05) is 42.8 Å². The topological polar surface area (TPSA) is 83.5 Å². The average Bonchev–Trinajstić information content (AvgIpc) is 2.83. The van der Waals surface area contributed by atoms with Crippen LogP contribution in [0.1, 0.15) is 0 Å². The van der Waals surface area contributed by atoms with Gasteiger partial charge in [-0.25, -0.2) is 13.6 Å². The Balaban J connectivity index is 1.73. The van der Waals surface area contributed by atoms with Gasteiger partial charge in [0.15, 0.2) is 11.6 Å². The normalized spacial score (nSPS) is 19.8. The maximum Gasteiger partial charge on any atom is 0.414 e. The molecule has 3 rings (SSSR count).